The second-order valence-corrected chi connectivity index (χ2v) is 16.2. The van der Waals surface area contributed by atoms with Gasteiger partial charge in [0.1, 0.15) is 5.82 Å². The predicted octanol–water partition coefficient (Wildman–Crippen LogP) is 9.26. The molecule has 228 valence electrons. The van der Waals surface area contributed by atoms with E-state index in [9.17, 15) is 24.2 Å². The minimum Gasteiger partial charge on any atom is -0.481 e. The summed E-state index contributed by atoms with van der Waals surface area (Å²) in [5.41, 5.74) is 2.28. The Morgan fingerprint density at radius 3 is 2.24 bits per heavy atom. The van der Waals surface area contributed by atoms with Crippen LogP contribution in [0.3, 0.4) is 0 Å². The minimum atomic E-state index is -1.24. The van der Waals surface area contributed by atoms with Crippen molar-refractivity contribution in [2.24, 2.45) is 56.7 Å². The average Bonchev–Trinajstić information content (AvgIpc) is 3.30. The molecule has 2 N–H and O–H groups in total. The molecule has 42 heavy (non-hydrogen) atoms. The largest absolute Gasteiger partial charge is 0.481 e. The first-order valence-corrected chi connectivity index (χ1v) is 16.2. The van der Waals surface area contributed by atoms with Crippen LogP contribution in [0, 0.1) is 62.5 Å². The van der Waals surface area contributed by atoms with Crippen LogP contribution in [0.4, 0.5) is 4.39 Å². The van der Waals surface area contributed by atoms with E-state index >= 15 is 0 Å². The van der Waals surface area contributed by atoms with Crippen LogP contribution in [-0.4, -0.2) is 22.2 Å². The lowest BCUT2D eigenvalue weighted by Gasteiger charge is -2.72. The number of halogens is 1. The third-order valence-corrected chi connectivity index (χ3v) is 14.6. The van der Waals surface area contributed by atoms with Crippen molar-refractivity contribution in [3.63, 3.8) is 0 Å². The van der Waals surface area contributed by atoms with Crippen molar-refractivity contribution in [2.75, 3.05) is 0 Å². The van der Waals surface area contributed by atoms with Crippen molar-refractivity contribution >= 4 is 17.5 Å². The summed E-state index contributed by atoms with van der Waals surface area (Å²) < 4.78 is 14.8. The standard InChI is InChI=1S/C37H49FO4/c1-21(2)23-12-17-37(32(41)42)19-18-35(6)26(30(23)37)10-11-29-34(5)15-13-25(22-8-9-24(31(39)40)27(38)20-22)33(3,4)28(34)14-16-36(29,35)7/h8-9,13,20,23,26,28-30H,1,10-12,14-19H2,2-7H3,(H,39,40)(H,41,42)/t23-,26+,28-,29+,30?,34-,35+,36+,37-/m0/s1. The van der Waals surface area contributed by atoms with Crippen molar-refractivity contribution in [3.8, 4) is 0 Å². The predicted molar refractivity (Wildman–Crippen MR) is 163 cm³/mol. The smallest absolute Gasteiger partial charge is 0.338 e. The number of rotatable bonds is 4. The second-order valence-electron chi connectivity index (χ2n) is 16.2. The quantitative estimate of drug-likeness (QED) is 0.350. The summed E-state index contributed by atoms with van der Waals surface area (Å²) in [6.07, 6.45) is 11.2. The number of benzene rings is 1. The van der Waals surface area contributed by atoms with Gasteiger partial charge in [0, 0.05) is 0 Å². The number of carboxylic acids is 2. The van der Waals surface area contributed by atoms with Crippen LogP contribution in [-0.2, 0) is 4.79 Å². The molecule has 1 unspecified atom stereocenters. The van der Waals surface area contributed by atoms with E-state index in [1.54, 1.807) is 6.07 Å². The Hall–Kier alpha value is -2.43. The van der Waals surface area contributed by atoms with Crippen molar-refractivity contribution in [3.05, 3.63) is 53.4 Å². The van der Waals surface area contributed by atoms with Crippen molar-refractivity contribution in [1.82, 2.24) is 0 Å². The number of hydrogen-bond acceptors (Lipinski definition) is 2. The normalized spacial score (nSPS) is 43.7. The molecule has 0 heterocycles. The molecule has 5 aliphatic rings. The van der Waals surface area contributed by atoms with Crippen LogP contribution >= 0.6 is 0 Å². The van der Waals surface area contributed by atoms with Gasteiger partial charge in [0.2, 0.25) is 0 Å². The van der Waals surface area contributed by atoms with E-state index in [-0.39, 0.29) is 33.1 Å². The number of hydrogen-bond donors (Lipinski definition) is 2. The van der Waals surface area contributed by atoms with Crippen LogP contribution in [0.25, 0.3) is 5.57 Å². The molecule has 1 aromatic carbocycles. The molecule has 1 aromatic rings. The fourth-order valence-corrected chi connectivity index (χ4v) is 12.5. The summed E-state index contributed by atoms with van der Waals surface area (Å²) in [7, 11) is 0. The zero-order valence-corrected chi connectivity index (χ0v) is 26.4. The lowest BCUT2D eigenvalue weighted by Crippen LogP contribution is -2.65. The molecule has 0 bridgehead atoms. The molecule has 0 amide bonds. The van der Waals surface area contributed by atoms with Gasteiger partial charge >= 0.3 is 11.9 Å². The second kappa shape index (κ2) is 9.29. The summed E-state index contributed by atoms with van der Waals surface area (Å²) in [5.74, 6) is -0.696. The third-order valence-electron chi connectivity index (χ3n) is 14.6. The molecule has 0 spiro atoms. The van der Waals surface area contributed by atoms with E-state index in [0.717, 1.165) is 74.5 Å². The topological polar surface area (TPSA) is 74.6 Å². The third kappa shape index (κ3) is 3.63. The molecule has 5 heteroatoms. The van der Waals surface area contributed by atoms with Gasteiger partial charge in [-0.2, -0.15) is 0 Å². The number of allylic oxidation sites excluding steroid dienone is 3. The molecular formula is C37H49FO4. The monoisotopic (exact) mass is 576 g/mol. The highest BCUT2D eigenvalue weighted by Gasteiger charge is 2.71. The Morgan fingerprint density at radius 2 is 1.62 bits per heavy atom. The highest BCUT2D eigenvalue weighted by Crippen LogP contribution is 2.77. The van der Waals surface area contributed by atoms with Gasteiger partial charge in [-0.1, -0.05) is 58.9 Å². The number of carboxylic acid groups (broad SMARTS) is 2. The van der Waals surface area contributed by atoms with Crippen molar-refractivity contribution in [1.29, 1.82) is 0 Å². The number of carbonyl (C=O) groups is 2. The Morgan fingerprint density at radius 1 is 0.905 bits per heavy atom. The van der Waals surface area contributed by atoms with Gasteiger partial charge < -0.3 is 10.2 Å². The highest BCUT2D eigenvalue weighted by molar-refractivity contribution is 5.88. The maximum absolute atomic E-state index is 14.8. The van der Waals surface area contributed by atoms with Crippen LogP contribution < -0.4 is 0 Å². The molecule has 0 aliphatic heterocycles. The van der Waals surface area contributed by atoms with Gasteiger partial charge in [-0.3, -0.25) is 4.79 Å². The lowest BCUT2D eigenvalue weighted by atomic mass is 9.32. The molecule has 4 nitrogen and oxygen atoms in total. The molecule has 0 saturated heterocycles. The van der Waals surface area contributed by atoms with E-state index in [0.29, 0.717) is 23.7 Å². The molecule has 0 radical (unpaired) electrons. The zero-order valence-electron chi connectivity index (χ0n) is 26.4. The summed E-state index contributed by atoms with van der Waals surface area (Å²) in [5, 5.41) is 20.0. The fraction of sp³-hybridized carbons (Fsp3) is 0.676. The number of fused-ring (bicyclic) bond motifs is 7. The maximum atomic E-state index is 14.8. The van der Waals surface area contributed by atoms with Crippen LogP contribution in [0.2, 0.25) is 0 Å². The Labute approximate surface area is 250 Å². The Kier molecular flexibility index (Phi) is 6.55. The number of aliphatic carboxylic acids is 1. The molecule has 9 atom stereocenters. The van der Waals surface area contributed by atoms with Crippen LogP contribution in [0.1, 0.15) is 115 Å². The van der Waals surface area contributed by atoms with E-state index < -0.39 is 23.2 Å². The van der Waals surface area contributed by atoms with E-state index in [1.165, 1.54) is 12.1 Å². The molecule has 5 aliphatic carbocycles. The SMILES string of the molecule is C=C(C)[C@@H]1CC[C@]2(C(=O)O)CC[C@]3(C)[C@H](CC[C@@H]4[C@@]5(C)CC=C(c6ccc(C(=O)O)c(F)c6)C(C)(C)[C@@H]5CC[C@]43C)C12. The molecule has 4 fully saturated rings. The summed E-state index contributed by atoms with van der Waals surface area (Å²) in [6.45, 7) is 18.7. The minimum absolute atomic E-state index is 0.0788. The molecule has 4 saturated carbocycles. The summed E-state index contributed by atoms with van der Waals surface area (Å²) in [6, 6.07) is 4.59. The highest BCUT2D eigenvalue weighted by atomic mass is 19.1. The number of aromatic carboxylic acids is 1. The average molecular weight is 577 g/mol. The first kappa shape index (κ1) is 29.6. The first-order chi connectivity index (χ1) is 19.5. The molecule has 0 aromatic heterocycles. The fourth-order valence-electron chi connectivity index (χ4n) is 12.5. The summed E-state index contributed by atoms with van der Waals surface area (Å²) in [4.78, 5) is 24.3. The summed E-state index contributed by atoms with van der Waals surface area (Å²) >= 11 is 0. The van der Waals surface area contributed by atoms with Gasteiger partial charge in [0.05, 0.1) is 11.0 Å². The van der Waals surface area contributed by atoms with E-state index in [4.69, 9.17) is 0 Å². The van der Waals surface area contributed by atoms with Crippen molar-refractivity contribution < 1.29 is 24.2 Å². The van der Waals surface area contributed by atoms with Crippen LogP contribution in [0.15, 0.2) is 36.4 Å². The van der Waals surface area contributed by atoms with Gasteiger partial charge in [0.25, 0.3) is 0 Å². The van der Waals surface area contributed by atoms with Gasteiger partial charge in [-0.15, -0.1) is 0 Å². The lowest BCUT2D eigenvalue weighted by molar-refractivity contribution is -0.227. The maximum Gasteiger partial charge on any atom is 0.338 e. The van der Waals surface area contributed by atoms with E-state index in [1.807, 2.05) is 0 Å². The molecule has 6 rings (SSSR count). The Bertz CT molecular complexity index is 1390. The molecular weight excluding hydrogens is 527 g/mol. The van der Waals surface area contributed by atoms with Crippen LogP contribution in [0.5, 0.6) is 0 Å². The van der Waals surface area contributed by atoms with Gasteiger partial charge in [0.15, 0.2) is 0 Å². The first-order valence-electron chi connectivity index (χ1n) is 16.2. The van der Waals surface area contributed by atoms with Gasteiger partial charge in [-0.25, -0.2) is 9.18 Å². The Balaban J connectivity index is 1.38. The van der Waals surface area contributed by atoms with Crippen molar-refractivity contribution in [2.45, 2.75) is 99.3 Å². The van der Waals surface area contributed by atoms with E-state index in [2.05, 4.69) is 54.2 Å². The van der Waals surface area contributed by atoms with Gasteiger partial charge in [-0.05, 0) is 139 Å². The zero-order chi connectivity index (χ0) is 30.6.